The summed E-state index contributed by atoms with van der Waals surface area (Å²) in [5.74, 6) is 0. The molecule has 3 rings (SSSR count). The normalized spacial score (nSPS) is 25.5. The molecule has 0 amide bonds. The van der Waals surface area contributed by atoms with E-state index in [2.05, 4.69) is 80.5 Å². The number of rotatable bonds is 2. The largest absolute Gasteiger partial charge is 0.306 e. The van der Waals surface area contributed by atoms with Crippen molar-refractivity contribution in [1.29, 1.82) is 0 Å². The molecule has 0 heterocycles. The van der Waals surface area contributed by atoms with Gasteiger partial charge in [-0.25, -0.2) is 0 Å². The number of likely N-dealkylation sites (N-methyl/N-ethyl adjacent to an activating group) is 1. The Bertz CT molecular complexity index is 588. The van der Waals surface area contributed by atoms with Crippen LogP contribution in [-0.2, 0) is 11.8 Å². The van der Waals surface area contributed by atoms with Crippen molar-refractivity contribution in [2.45, 2.75) is 31.2 Å². The van der Waals surface area contributed by atoms with E-state index >= 15 is 0 Å². The Kier molecular flexibility index (Phi) is 3.39. The molecule has 0 unspecified atom stereocenters. The fourth-order valence-corrected chi connectivity index (χ4v) is 3.59. The van der Waals surface area contributed by atoms with Crippen LogP contribution in [0.25, 0.3) is 0 Å². The van der Waals surface area contributed by atoms with E-state index in [4.69, 9.17) is 0 Å². The van der Waals surface area contributed by atoms with E-state index in [0.717, 1.165) is 6.42 Å². The first-order chi connectivity index (χ1) is 9.61. The summed E-state index contributed by atoms with van der Waals surface area (Å²) in [6.45, 7) is 2.40. The lowest BCUT2D eigenvalue weighted by Crippen LogP contribution is -2.42. The Morgan fingerprint density at radius 3 is 2.30 bits per heavy atom. The van der Waals surface area contributed by atoms with Crippen molar-refractivity contribution < 1.29 is 0 Å². The summed E-state index contributed by atoms with van der Waals surface area (Å²) >= 11 is 0. The molecule has 0 radical (unpaired) electrons. The van der Waals surface area contributed by atoms with Gasteiger partial charge in [0.2, 0.25) is 0 Å². The first-order valence-corrected chi connectivity index (χ1v) is 7.41. The Morgan fingerprint density at radius 2 is 1.60 bits per heavy atom. The number of hydrogen-bond acceptors (Lipinski definition) is 1. The van der Waals surface area contributed by atoms with E-state index in [0.29, 0.717) is 6.04 Å². The highest BCUT2D eigenvalue weighted by atomic mass is 15.1. The SMILES string of the molecule is CN(C)[C@H]1Cc2ccccc2[C@@](C)(c2ccccc2)C1. The van der Waals surface area contributed by atoms with Crippen LogP contribution in [0.1, 0.15) is 30.0 Å². The summed E-state index contributed by atoms with van der Waals surface area (Å²) in [6.07, 6.45) is 2.34. The molecule has 0 spiro atoms. The monoisotopic (exact) mass is 265 g/mol. The van der Waals surface area contributed by atoms with Crippen LogP contribution in [0.4, 0.5) is 0 Å². The van der Waals surface area contributed by atoms with E-state index < -0.39 is 0 Å². The quantitative estimate of drug-likeness (QED) is 0.797. The molecule has 1 heteroatoms. The van der Waals surface area contributed by atoms with Gasteiger partial charge in [0.05, 0.1) is 0 Å². The van der Waals surface area contributed by atoms with Gasteiger partial charge in [0, 0.05) is 11.5 Å². The summed E-state index contributed by atoms with van der Waals surface area (Å²) in [5, 5.41) is 0. The molecule has 1 aliphatic rings. The van der Waals surface area contributed by atoms with Gasteiger partial charge in [-0.1, -0.05) is 61.5 Å². The molecule has 1 nitrogen and oxygen atoms in total. The van der Waals surface area contributed by atoms with Crippen LogP contribution in [0, 0.1) is 0 Å². The van der Waals surface area contributed by atoms with Crippen molar-refractivity contribution in [3.05, 3.63) is 71.3 Å². The van der Waals surface area contributed by atoms with Crippen LogP contribution in [0.2, 0.25) is 0 Å². The van der Waals surface area contributed by atoms with E-state index in [1.807, 2.05) is 0 Å². The van der Waals surface area contributed by atoms with Crippen molar-refractivity contribution in [3.63, 3.8) is 0 Å². The van der Waals surface area contributed by atoms with Gasteiger partial charge in [-0.2, -0.15) is 0 Å². The molecule has 0 saturated heterocycles. The third-order valence-corrected chi connectivity index (χ3v) is 4.85. The van der Waals surface area contributed by atoms with Crippen LogP contribution in [-0.4, -0.2) is 25.0 Å². The highest BCUT2D eigenvalue weighted by molar-refractivity contribution is 5.45. The molecule has 2 atom stereocenters. The fourth-order valence-electron chi connectivity index (χ4n) is 3.59. The summed E-state index contributed by atoms with van der Waals surface area (Å²) in [6, 6.07) is 20.5. The second kappa shape index (κ2) is 5.06. The summed E-state index contributed by atoms with van der Waals surface area (Å²) in [7, 11) is 4.40. The molecule has 0 aliphatic heterocycles. The molecule has 0 bridgehead atoms. The van der Waals surface area contributed by atoms with E-state index in [9.17, 15) is 0 Å². The van der Waals surface area contributed by atoms with Crippen molar-refractivity contribution in [2.75, 3.05) is 14.1 Å². The van der Waals surface area contributed by atoms with Gasteiger partial charge in [0.15, 0.2) is 0 Å². The number of benzene rings is 2. The Hall–Kier alpha value is -1.60. The molecule has 2 aromatic rings. The van der Waals surface area contributed by atoms with Crippen molar-refractivity contribution in [2.24, 2.45) is 0 Å². The summed E-state index contributed by atoms with van der Waals surface area (Å²) < 4.78 is 0. The second-order valence-electron chi connectivity index (χ2n) is 6.38. The number of nitrogens with zero attached hydrogens (tertiary/aromatic N) is 1. The standard InChI is InChI=1S/C19H23N/c1-19(16-10-5-4-6-11-16)14-17(20(2)3)13-15-9-7-8-12-18(15)19/h4-12,17H,13-14H2,1-3H3/t17-,19+/m0/s1. The maximum atomic E-state index is 2.40. The zero-order valence-corrected chi connectivity index (χ0v) is 12.6. The van der Waals surface area contributed by atoms with Crippen LogP contribution in [0.5, 0.6) is 0 Å². The zero-order chi connectivity index (χ0) is 14.2. The van der Waals surface area contributed by atoms with Gasteiger partial charge in [-0.15, -0.1) is 0 Å². The molecule has 0 saturated carbocycles. The molecule has 0 fully saturated rings. The Morgan fingerprint density at radius 1 is 0.950 bits per heavy atom. The number of fused-ring (bicyclic) bond motifs is 1. The average Bonchev–Trinajstić information content (AvgIpc) is 2.48. The minimum Gasteiger partial charge on any atom is -0.306 e. The maximum Gasteiger partial charge on any atom is 0.0192 e. The third-order valence-electron chi connectivity index (χ3n) is 4.85. The summed E-state index contributed by atoms with van der Waals surface area (Å²) in [5.41, 5.74) is 4.55. The lowest BCUT2D eigenvalue weighted by Gasteiger charge is -2.43. The highest BCUT2D eigenvalue weighted by Crippen LogP contribution is 2.43. The first kappa shape index (κ1) is 13.4. The lowest BCUT2D eigenvalue weighted by atomic mass is 9.65. The highest BCUT2D eigenvalue weighted by Gasteiger charge is 2.38. The van der Waals surface area contributed by atoms with Gasteiger partial charge in [-0.3, -0.25) is 0 Å². The number of hydrogen-bond donors (Lipinski definition) is 0. The van der Waals surface area contributed by atoms with Gasteiger partial charge < -0.3 is 4.90 Å². The molecular formula is C19H23N. The fraction of sp³-hybridized carbons (Fsp3) is 0.368. The van der Waals surface area contributed by atoms with Crippen molar-refractivity contribution in [1.82, 2.24) is 4.90 Å². The van der Waals surface area contributed by atoms with Crippen LogP contribution in [0.15, 0.2) is 54.6 Å². The molecule has 0 N–H and O–H groups in total. The first-order valence-electron chi connectivity index (χ1n) is 7.41. The molecular weight excluding hydrogens is 242 g/mol. The topological polar surface area (TPSA) is 3.24 Å². The minimum atomic E-state index is 0.116. The van der Waals surface area contributed by atoms with Crippen molar-refractivity contribution >= 4 is 0 Å². The Balaban J connectivity index is 2.14. The van der Waals surface area contributed by atoms with Crippen molar-refractivity contribution in [3.8, 4) is 0 Å². The lowest BCUT2D eigenvalue weighted by molar-refractivity contribution is 0.229. The third kappa shape index (κ3) is 2.16. The Labute approximate surface area is 122 Å². The summed E-state index contributed by atoms with van der Waals surface area (Å²) in [4.78, 5) is 2.37. The van der Waals surface area contributed by atoms with Gasteiger partial charge >= 0.3 is 0 Å². The second-order valence-corrected chi connectivity index (χ2v) is 6.38. The van der Waals surface area contributed by atoms with Crippen LogP contribution < -0.4 is 0 Å². The smallest absolute Gasteiger partial charge is 0.0192 e. The molecule has 0 aromatic heterocycles. The maximum absolute atomic E-state index is 2.40. The zero-order valence-electron chi connectivity index (χ0n) is 12.6. The average molecular weight is 265 g/mol. The van der Waals surface area contributed by atoms with E-state index in [-0.39, 0.29) is 5.41 Å². The molecule has 104 valence electrons. The van der Waals surface area contributed by atoms with Gasteiger partial charge in [0.25, 0.3) is 0 Å². The molecule has 1 aliphatic carbocycles. The molecule has 2 aromatic carbocycles. The van der Waals surface area contributed by atoms with Crippen LogP contribution in [0.3, 0.4) is 0 Å². The van der Waals surface area contributed by atoms with E-state index in [1.165, 1.54) is 23.1 Å². The van der Waals surface area contributed by atoms with Gasteiger partial charge in [-0.05, 0) is 43.6 Å². The predicted octanol–water partition coefficient (Wildman–Crippen LogP) is 3.87. The minimum absolute atomic E-state index is 0.116. The van der Waals surface area contributed by atoms with Gasteiger partial charge in [0.1, 0.15) is 0 Å². The van der Waals surface area contributed by atoms with E-state index in [1.54, 1.807) is 0 Å². The van der Waals surface area contributed by atoms with Crippen LogP contribution >= 0.6 is 0 Å². The molecule has 20 heavy (non-hydrogen) atoms. The predicted molar refractivity (Wildman–Crippen MR) is 85.1 cm³/mol.